The second-order valence-electron chi connectivity index (χ2n) is 5.30. The Labute approximate surface area is 124 Å². The van der Waals surface area contributed by atoms with Crippen molar-refractivity contribution < 1.29 is 4.79 Å². The number of hydrogen-bond acceptors (Lipinski definition) is 3. The lowest BCUT2D eigenvalue weighted by molar-refractivity contribution is -0.131. The standard InChI is InChI=1S/C17H19N3O/c1-2-17(21)20-11-14-5-6-16(8-15(14)12-20)19-10-13-4-3-7-18-9-13/h3-9,19H,2,10-12H2,1H3. The molecule has 0 radical (unpaired) electrons. The maximum absolute atomic E-state index is 11.8. The van der Waals surface area contributed by atoms with E-state index < -0.39 is 0 Å². The van der Waals surface area contributed by atoms with Gasteiger partial charge in [0.1, 0.15) is 0 Å². The topological polar surface area (TPSA) is 45.2 Å². The van der Waals surface area contributed by atoms with Gasteiger partial charge in [-0.3, -0.25) is 9.78 Å². The van der Waals surface area contributed by atoms with E-state index in [9.17, 15) is 4.79 Å². The van der Waals surface area contributed by atoms with Crippen molar-refractivity contribution in [3.05, 3.63) is 59.4 Å². The van der Waals surface area contributed by atoms with E-state index >= 15 is 0 Å². The molecule has 2 heterocycles. The quantitative estimate of drug-likeness (QED) is 0.937. The van der Waals surface area contributed by atoms with Crippen LogP contribution in [-0.4, -0.2) is 15.8 Å². The molecule has 4 nitrogen and oxygen atoms in total. The number of nitrogens with zero attached hydrogens (tertiary/aromatic N) is 2. The van der Waals surface area contributed by atoms with E-state index in [0.29, 0.717) is 6.42 Å². The van der Waals surface area contributed by atoms with Gasteiger partial charge in [0.15, 0.2) is 0 Å². The fourth-order valence-electron chi connectivity index (χ4n) is 2.61. The largest absolute Gasteiger partial charge is 0.381 e. The van der Waals surface area contributed by atoms with Crippen LogP contribution >= 0.6 is 0 Å². The molecule has 1 aromatic heterocycles. The first-order chi connectivity index (χ1) is 10.3. The number of pyridine rings is 1. The molecular weight excluding hydrogens is 262 g/mol. The highest BCUT2D eigenvalue weighted by Gasteiger charge is 2.22. The molecule has 21 heavy (non-hydrogen) atoms. The second-order valence-corrected chi connectivity index (χ2v) is 5.30. The zero-order valence-corrected chi connectivity index (χ0v) is 12.2. The molecule has 2 aromatic rings. The minimum absolute atomic E-state index is 0.219. The van der Waals surface area contributed by atoms with Crippen LogP contribution in [0.15, 0.2) is 42.7 Å². The molecule has 1 aromatic carbocycles. The van der Waals surface area contributed by atoms with Crippen molar-refractivity contribution in [1.82, 2.24) is 9.88 Å². The average Bonchev–Trinajstić information content (AvgIpc) is 2.96. The number of benzene rings is 1. The summed E-state index contributed by atoms with van der Waals surface area (Å²) < 4.78 is 0. The fourth-order valence-corrected chi connectivity index (χ4v) is 2.61. The summed E-state index contributed by atoms with van der Waals surface area (Å²) in [5.74, 6) is 0.219. The molecule has 1 N–H and O–H groups in total. The summed E-state index contributed by atoms with van der Waals surface area (Å²) in [5, 5.41) is 3.41. The number of carbonyl (C=O) groups is 1. The number of rotatable bonds is 4. The van der Waals surface area contributed by atoms with Crippen LogP contribution < -0.4 is 5.32 Å². The Hall–Kier alpha value is -2.36. The molecule has 108 valence electrons. The summed E-state index contributed by atoms with van der Waals surface area (Å²) in [5.41, 5.74) is 4.74. The monoisotopic (exact) mass is 281 g/mol. The van der Waals surface area contributed by atoms with Crippen molar-refractivity contribution >= 4 is 11.6 Å². The van der Waals surface area contributed by atoms with Gasteiger partial charge < -0.3 is 10.2 Å². The van der Waals surface area contributed by atoms with E-state index in [4.69, 9.17) is 0 Å². The summed E-state index contributed by atoms with van der Waals surface area (Å²) in [6.07, 6.45) is 4.21. The predicted octanol–water partition coefficient (Wildman–Crippen LogP) is 2.95. The van der Waals surface area contributed by atoms with Crippen LogP contribution in [0.3, 0.4) is 0 Å². The number of amides is 1. The van der Waals surface area contributed by atoms with Gasteiger partial charge in [-0.25, -0.2) is 0 Å². The predicted molar refractivity (Wildman–Crippen MR) is 82.6 cm³/mol. The smallest absolute Gasteiger partial charge is 0.222 e. The van der Waals surface area contributed by atoms with Crippen LogP contribution in [0, 0.1) is 0 Å². The molecule has 1 amide bonds. The van der Waals surface area contributed by atoms with E-state index in [0.717, 1.165) is 30.9 Å². The molecular formula is C17H19N3O. The van der Waals surface area contributed by atoms with Gasteiger partial charge >= 0.3 is 0 Å². The molecule has 4 heteroatoms. The minimum atomic E-state index is 0.219. The summed E-state index contributed by atoms with van der Waals surface area (Å²) in [6.45, 7) is 4.13. The minimum Gasteiger partial charge on any atom is -0.381 e. The van der Waals surface area contributed by atoms with Crippen molar-refractivity contribution in [2.24, 2.45) is 0 Å². The molecule has 1 aliphatic rings. The lowest BCUT2D eigenvalue weighted by atomic mass is 10.1. The summed E-state index contributed by atoms with van der Waals surface area (Å²) in [7, 11) is 0. The Morgan fingerprint density at radius 1 is 1.29 bits per heavy atom. The molecule has 0 saturated carbocycles. The summed E-state index contributed by atoms with van der Waals surface area (Å²) in [6, 6.07) is 10.3. The van der Waals surface area contributed by atoms with Crippen LogP contribution in [0.25, 0.3) is 0 Å². The van der Waals surface area contributed by atoms with Gasteiger partial charge in [0.25, 0.3) is 0 Å². The number of fused-ring (bicyclic) bond motifs is 1. The zero-order valence-electron chi connectivity index (χ0n) is 12.2. The molecule has 0 fully saturated rings. The molecule has 0 spiro atoms. The molecule has 3 rings (SSSR count). The Balaban J connectivity index is 1.67. The van der Waals surface area contributed by atoms with E-state index in [2.05, 4.69) is 34.6 Å². The summed E-state index contributed by atoms with van der Waals surface area (Å²) >= 11 is 0. The highest BCUT2D eigenvalue weighted by atomic mass is 16.2. The first-order valence-corrected chi connectivity index (χ1v) is 7.28. The maximum atomic E-state index is 11.8. The van der Waals surface area contributed by atoms with Gasteiger partial charge in [-0.15, -0.1) is 0 Å². The van der Waals surface area contributed by atoms with Crippen LogP contribution in [-0.2, 0) is 24.4 Å². The third-order valence-electron chi connectivity index (χ3n) is 3.80. The van der Waals surface area contributed by atoms with E-state index in [1.807, 2.05) is 24.1 Å². The van der Waals surface area contributed by atoms with Crippen LogP contribution in [0.4, 0.5) is 5.69 Å². The van der Waals surface area contributed by atoms with Gasteiger partial charge in [-0.2, -0.15) is 0 Å². The Morgan fingerprint density at radius 3 is 2.90 bits per heavy atom. The highest BCUT2D eigenvalue weighted by molar-refractivity contribution is 5.76. The van der Waals surface area contributed by atoms with Crippen molar-refractivity contribution in [3.8, 4) is 0 Å². The Bertz CT molecular complexity index is 640. The molecule has 0 bridgehead atoms. The molecule has 0 atom stereocenters. The van der Waals surface area contributed by atoms with Crippen LogP contribution in [0.5, 0.6) is 0 Å². The van der Waals surface area contributed by atoms with Crippen molar-refractivity contribution in [2.75, 3.05) is 5.32 Å². The zero-order chi connectivity index (χ0) is 14.7. The normalized spacial score (nSPS) is 13.1. The maximum Gasteiger partial charge on any atom is 0.222 e. The number of hydrogen-bond donors (Lipinski definition) is 1. The van der Waals surface area contributed by atoms with Crippen molar-refractivity contribution in [3.63, 3.8) is 0 Å². The molecule has 0 unspecified atom stereocenters. The average molecular weight is 281 g/mol. The number of anilines is 1. The number of nitrogens with one attached hydrogen (secondary N) is 1. The first-order valence-electron chi connectivity index (χ1n) is 7.28. The second kappa shape index (κ2) is 5.95. The fraction of sp³-hybridized carbons (Fsp3) is 0.294. The van der Waals surface area contributed by atoms with E-state index in [1.165, 1.54) is 11.1 Å². The van der Waals surface area contributed by atoms with Crippen LogP contribution in [0.2, 0.25) is 0 Å². The van der Waals surface area contributed by atoms with Gasteiger partial charge in [0.2, 0.25) is 5.91 Å². The van der Waals surface area contributed by atoms with E-state index in [-0.39, 0.29) is 5.91 Å². The highest BCUT2D eigenvalue weighted by Crippen LogP contribution is 2.26. The van der Waals surface area contributed by atoms with Gasteiger partial charge in [0.05, 0.1) is 0 Å². The lowest BCUT2D eigenvalue weighted by Gasteiger charge is -2.13. The molecule has 1 aliphatic heterocycles. The first kappa shape index (κ1) is 13.6. The third-order valence-corrected chi connectivity index (χ3v) is 3.80. The van der Waals surface area contributed by atoms with Crippen molar-refractivity contribution in [1.29, 1.82) is 0 Å². The van der Waals surface area contributed by atoms with Gasteiger partial charge in [0, 0.05) is 44.1 Å². The molecule has 0 saturated heterocycles. The van der Waals surface area contributed by atoms with Crippen molar-refractivity contribution in [2.45, 2.75) is 33.0 Å². The van der Waals surface area contributed by atoms with E-state index in [1.54, 1.807) is 6.20 Å². The van der Waals surface area contributed by atoms with Crippen LogP contribution in [0.1, 0.15) is 30.0 Å². The third kappa shape index (κ3) is 3.05. The summed E-state index contributed by atoms with van der Waals surface area (Å²) in [4.78, 5) is 17.8. The SMILES string of the molecule is CCC(=O)N1Cc2ccc(NCc3cccnc3)cc2C1. The Kier molecular flexibility index (Phi) is 3.86. The number of carbonyl (C=O) groups excluding carboxylic acids is 1. The van der Waals surface area contributed by atoms with Gasteiger partial charge in [-0.05, 0) is 34.9 Å². The lowest BCUT2D eigenvalue weighted by Crippen LogP contribution is -2.23. The molecule has 0 aliphatic carbocycles. The number of aromatic nitrogens is 1. The van der Waals surface area contributed by atoms with Gasteiger partial charge in [-0.1, -0.05) is 19.1 Å². The Morgan fingerprint density at radius 2 is 2.14 bits per heavy atom.